The molecule has 1 aliphatic heterocycles. The molecule has 1 fully saturated rings. The number of esters is 2. The molecule has 0 bridgehead atoms. The average molecular weight is 1040 g/mol. The number of carbonyl (C=O) groups excluding carboxylic acids is 3. The van der Waals surface area contributed by atoms with Crippen molar-refractivity contribution >= 4 is 57.6 Å². The van der Waals surface area contributed by atoms with E-state index in [1.54, 1.807) is 0 Å². The predicted octanol–water partition coefficient (Wildman–Crippen LogP) is 7.33. The van der Waals surface area contributed by atoms with Crippen LogP contribution in [0.5, 0.6) is 0 Å². The van der Waals surface area contributed by atoms with Crippen LogP contribution in [0.3, 0.4) is 0 Å². The van der Waals surface area contributed by atoms with E-state index in [0.29, 0.717) is 0 Å². The first-order chi connectivity index (χ1) is 32.4. The van der Waals surface area contributed by atoms with Gasteiger partial charge in [-0.1, -0.05) is 60.7 Å². The maximum atomic E-state index is 14.0. The van der Waals surface area contributed by atoms with E-state index in [1.807, 2.05) is 107 Å². The molecule has 69 heavy (non-hydrogen) atoms. The van der Waals surface area contributed by atoms with E-state index >= 15 is 0 Å². The highest BCUT2D eigenvalue weighted by Crippen LogP contribution is 2.47. The van der Waals surface area contributed by atoms with E-state index in [2.05, 4.69) is 42.7 Å². The zero-order valence-corrected chi connectivity index (χ0v) is 46.4. The number of benzene rings is 2. The highest BCUT2D eigenvalue weighted by atomic mass is 31.2. The van der Waals surface area contributed by atoms with Crippen molar-refractivity contribution in [3.05, 3.63) is 94.5 Å². The Morgan fingerprint density at radius 1 is 0.768 bits per heavy atom. The number of hydrogen-bond donors (Lipinski definition) is 1. The highest BCUT2D eigenvalue weighted by molar-refractivity contribution is 7.49. The van der Waals surface area contributed by atoms with Gasteiger partial charge in [0.1, 0.15) is 51.7 Å². The standard InChI is InChI=1S/C46H73N4O15PSi3/c1-32(2)50(33(3)4)66(8)62-42-39(31-59-69(64-67(9,10)11,65-68(12,13)14)63-41(37-21-17-15-18-22-37)38-23-19-16-20-24-38)60-44(49-26-25-40(47-34(5)51)48-45(49)54)43(42)61-46(57-29-27-55-35(6)52)58-30-28-56-36(7)53/h15-26,32-33,39,41-44,46H,27-31H2,1-14H3,(H,47,48,51,54)/t39-,42?,43+,44-,66?/m1/s1. The van der Waals surface area contributed by atoms with Gasteiger partial charge in [0.25, 0.3) is 6.48 Å². The number of hydrogen-bond acceptors (Lipinski definition) is 17. The van der Waals surface area contributed by atoms with Crippen LogP contribution >= 0.6 is 8.30 Å². The minimum absolute atomic E-state index is 0.0280. The summed E-state index contributed by atoms with van der Waals surface area (Å²) in [5.74, 6) is -1.42. The number of carbonyl (C=O) groups is 3. The summed E-state index contributed by atoms with van der Waals surface area (Å²) < 4.78 is 74.9. The van der Waals surface area contributed by atoms with Crippen LogP contribution in [0, 0.1) is 0 Å². The van der Waals surface area contributed by atoms with Crippen LogP contribution in [0.15, 0.2) is 77.7 Å². The topological polar surface area (TPSA) is 203 Å². The molecule has 19 nitrogen and oxygen atoms in total. The number of aromatic nitrogens is 2. The average Bonchev–Trinajstić information content (AvgIpc) is 3.56. The number of anilines is 1. The Kier molecular flexibility index (Phi) is 22.5. The third-order valence-electron chi connectivity index (χ3n) is 9.66. The maximum absolute atomic E-state index is 14.0. The lowest BCUT2D eigenvalue weighted by atomic mass is 10.0. The van der Waals surface area contributed by atoms with Gasteiger partial charge in [-0.2, -0.15) is 4.98 Å². The van der Waals surface area contributed by atoms with Gasteiger partial charge in [-0.3, -0.25) is 23.6 Å². The Morgan fingerprint density at radius 3 is 1.71 bits per heavy atom. The van der Waals surface area contributed by atoms with Crippen molar-refractivity contribution < 1.29 is 64.4 Å². The number of amides is 1. The van der Waals surface area contributed by atoms with E-state index in [4.69, 9.17) is 50.0 Å². The van der Waals surface area contributed by atoms with Gasteiger partial charge in [-0.15, -0.1) is 0 Å². The molecular weight excluding hydrogens is 964 g/mol. The maximum Gasteiger partial charge on any atom is 0.659 e. The van der Waals surface area contributed by atoms with Crippen molar-refractivity contribution in [2.45, 2.75) is 137 Å². The summed E-state index contributed by atoms with van der Waals surface area (Å²) in [7, 11) is -10.8. The molecular formula is C46H73N4O15PSi3. The Morgan fingerprint density at radius 2 is 1.28 bits per heavy atom. The fourth-order valence-electron chi connectivity index (χ4n) is 7.41. The van der Waals surface area contributed by atoms with Crippen LogP contribution < -0.4 is 11.0 Å². The Bertz CT molecular complexity index is 2050. The van der Waals surface area contributed by atoms with Gasteiger partial charge in [0.15, 0.2) is 22.9 Å². The number of ether oxygens (including phenoxy) is 6. The van der Waals surface area contributed by atoms with Gasteiger partial charge >= 0.3 is 26.7 Å². The molecule has 5 atom stereocenters. The van der Waals surface area contributed by atoms with E-state index < -0.39 is 94.6 Å². The molecule has 1 N–H and O–H groups in total. The SMILES string of the molecule is CC(=O)Nc1ccn([C@@H]2O[C@H](CO[Si](OC(c3ccccc3)c3ccccc3)(O[Si](C)(C)C)O[Si](C)(C)C)C(OP(C)N(C(C)C)C(C)C)[C@@H]2OC(OCCOC(C)=O)OCCOC(C)=O)c(=O)n1. The number of rotatable bonds is 28. The normalized spacial score (nSPS) is 18.4. The molecule has 2 aromatic carbocycles. The van der Waals surface area contributed by atoms with Crippen LogP contribution in [-0.4, -0.2) is 134 Å². The zero-order chi connectivity index (χ0) is 51.1. The minimum Gasteiger partial charge on any atom is -0.463 e. The molecule has 0 saturated carbocycles. The molecule has 1 saturated heterocycles. The number of nitrogens with zero attached hydrogens (tertiary/aromatic N) is 3. The lowest BCUT2D eigenvalue weighted by molar-refractivity contribution is -0.320. The fraction of sp³-hybridized carbons (Fsp3) is 0.587. The van der Waals surface area contributed by atoms with Crippen LogP contribution in [0.25, 0.3) is 0 Å². The van der Waals surface area contributed by atoms with Crippen molar-refractivity contribution in [3.8, 4) is 0 Å². The van der Waals surface area contributed by atoms with Gasteiger partial charge in [0, 0.05) is 39.1 Å². The fourth-order valence-corrected chi connectivity index (χ4v) is 17.8. The summed E-state index contributed by atoms with van der Waals surface area (Å²) in [5, 5.41) is 2.55. The summed E-state index contributed by atoms with van der Waals surface area (Å²) in [5.41, 5.74) is 0.936. The summed E-state index contributed by atoms with van der Waals surface area (Å²) in [6.45, 7) is 24.0. The lowest BCUT2D eigenvalue weighted by Crippen LogP contribution is -2.60. The first-order valence-electron chi connectivity index (χ1n) is 23.1. The third kappa shape index (κ3) is 19.2. The Balaban J connectivity index is 1.92. The molecule has 2 unspecified atom stereocenters. The molecule has 1 amide bonds. The van der Waals surface area contributed by atoms with Gasteiger partial charge in [0.2, 0.25) is 5.91 Å². The molecule has 0 spiro atoms. The molecule has 1 aliphatic rings. The second-order valence-electron chi connectivity index (χ2n) is 18.7. The van der Waals surface area contributed by atoms with Gasteiger partial charge in [-0.05, 0) is 90.8 Å². The summed E-state index contributed by atoms with van der Waals surface area (Å²) >= 11 is 0. The zero-order valence-electron chi connectivity index (χ0n) is 42.5. The molecule has 1 aromatic heterocycles. The molecule has 2 heterocycles. The van der Waals surface area contributed by atoms with Crippen molar-refractivity contribution in [2.24, 2.45) is 0 Å². The van der Waals surface area contributed by atoms with Gasteiger partial charge in [0.05, 0.1) is 19.8 Å². The first kappa shape index (κ1) is 58.0. The van der Waals surface area contributed by atoms with E-state index in [9.17, 15) is 19.2 Å². The Hall–Kier alpha value is -3.59. The second-order valence-corrected chi connectivity index (χ2v) is 31.9. The van der Waals surface area contributed by atoms with Crippen LogP contribution in [-0.2, 0) is 64.4 Å². The summed E-state index contributed by atoms with van der Waals surface area (Å²) in [4.78, 5) is 53.4. The van der Waals surface area contributed by atoms with E-state index in [1.165, 1.54) is 37.6 Å². The molecule has 4 rings (SSSR count). The third-order valence-corrected chi connectivity index (χ3v) is 19.7. The predicted molar refractivity (Wildman–Crippen MR) is 267 cm³/mol. The van der Waals surface area contributed by atoms with Crippen LogP contribution in [0.2, 0.25) is 39.3 Å². The van der Waals surface area contributed by atoms with Crippen LogP contribution in [0.4, 0.5) is 5.82 Å². The molecule has 3 aromatic rings. The van der Waals surface area contributed by atoms with Gasteiger partial charge in [-0.25, -0.2) is 4.79 Å². The van der Waals surface area contributed by atoms with Crippen molar-refractivity contribution in [3.63, 3.8) is 0 Å². The first-order valence-corrected chi connectivity index (χ1v) is 33.2. The number of nitrogens with one attached hydrogen (secondary N) is 1. The molecule has 23 heteroatoms. The van der Waals surface area contributed by atoms with Crippen molar-refractivity contribution in [1.82, 2.24) is 14.2 Å². The minimum atomic E-state index is -4.25. The van der Waals surface area contributed by atoms with Crippen molar-refractivity contribution in [2.75, 3.05) is 45.0 Å². The smallest absolute Gasteiger partial charge is 0.463 e. The quantitative estimate of drug-likeness (QED) is 0.0249. The molecule has 384 valence electrons. The van der Waals surface area contributed by atoms with E-state index in [0.717, 1.165) is 11.1 Å². The highest BCUT2D eigenvalue weighted by Gasteiger charge is 2.57. The largest absolute Gasteiger partial charge is 0.659 e. The summed E-state index contributed by atoms with van der Waals surface area (Å²) in [6, 6.07) is 21.2. The molecule has 0 radical (unpaired) electrons. The second kappa shape index (κ2) is 26.7. The lowest BCUT2D eigenvalue weighted by Gasteiger charge is -2.41. The monoisotopic (exact) mass is 1040 g/mol. The molecule has 0 aliphatic carbocycles. The van der Waals surface area contributed by atoms with Crippen molar-refractivity contribution in [1.29, 1.82) is 0 Å². The van der Waals surface area contributed by atoms with Gasteiger partial charge < -0.3 is 55.3 Å². The van der Waals surface area contributed by atoms with Crippen LogP contribution in [0.1, 0.15) is 71.9 Å². The Labute approximate surface area is 411 Å². The van der Waals surface area contributed by atoms with E-state index in [-0.39, 0.29) is 50.9 Å². The summed E-state index contributed by atoms with van der Waals surface area (Å²) in [6.07, 6.45) is -3.78.